The summed E-state index contributed by atoms with van der Waals surface area (Å²) < 4.78 is 58.3. The van der Waals surface area contributed by atoms with Gasteiger partial charge in [0.2, 0.25) is 0 Å². The predicted octanol–water partition coefficient (Wildman–Crippen LogP) is 3.03. The third-order valence-corrected chi connectivity index (χ3v) is 5.58. The molecule has 2 atom stereocenters. The first-order chi connectivity index (χ1) is 14.8. The van der Waals surface area contributed by atoms with E-state index in [2.05, 4.69) is 10.4 Å². The van der Waals surface area contributed by atoms with Crippen LogP contribution in [0.1, 0.15) is 34.4 Å². The first kappa shape index (κ1) is 21.3. The Morgan fingerprint density at radius 2 is 1.90 bits per heavy atom. The van der Waals surface area contributed by atoms with Crippen molar-refractivity contribution in [2.24, 2.45) is 0 Å². The molecule has 1 amide bonds. The van der Waals surface area contributed by atoms with E-state index in [0.29, 0.717) is 43.4 Å². The summed E-state index contributed by atoms with van der Waals surface area (Å²) in [6.45, 7) is 1.54. The zero-order valence-corrected chi connectivity index (χ0v) is 17.1. The van der Waals surface area contributed by atoms with Crippen molar-refractivity contribution in [3.63, 3.8) is 0 Å². The van der Waals surface area contributed by atoms with Gasteiger partial charge in [0.15, 0.2) is 17.5 Å². The summed E-state index contributed by atoms with van der Waals surface area (Å²) in [5.41, 5.74) is 0.699. The molecule has 4 rings (SSSR count). The molecule has 0 unspecified atom stereocenters. The van der Waals surface area contributed by atoms with Gasteiger partial charge in [0, 0.05) is 19.5 Å². The van der Waals surface area contributed by atoms with Gasteiger partial charge in [-0.1, -0.05) is 6.07 Å². The third-order valence-electron chi connectivity index (χ3n) is 5.58. The third kappa shape index (κ3) is 4.01. The molecule has 1 fully saturated rings. The number of rotatable bonds is 4. The van der Waals surface area contributed by atoms with Crippen molar-refractivity contribution >= 4 is 11.7 Å². The van der Waals surface area contributed by atoms with Crippen LogP contribution in [-0.2, 0) is 4.74 Å². The number of nitrogens with one attached hydrogen (secondary N) is 1. The van der Waals surface area contributed by atoms with Gasteiger partial charge >= 0.3 is 6.18 Å². The maximum Gasteiger partial charge on any atom is 0.410 e. The summed E-state index contributed by atoms with van der Waals surface area (Å²) in [5.74, 6) is 0.576. The quantitative estimate of drug-likeness (QED) is 0.788. The number of fused-ring (bicyclic) bond motifs is 1. The number of alkyl halides is 3. The summed E-state index contributed by atoms with van der Waals surface area (Å²) in [6.07, 6.45) is -3.61. The average molecular weight is 440 g/mol. The average Bonchev–Trinajstić information content (AvgIpc) is 3.21. The van der Waals surface area contributed by atoms with Gasteiger partial charge in [0.05, 0.1) is 39.7 Å². The molecule has 0 aliphatic carbocycles. The number of amides is 1. The molecule has 1 aromatic carbocycles. The lowest BCUT2D eigenvalue weighted by Crippen LogP contribution is -2.41. The minimum absolute atomic E-state index is 0.0600. The lowest BCUT2D eigenvalue weighted by atomic mass is 9.96. The SMILES string of the molecule is COc1ccc([C@H]2C[C@@H](C(F)(F)F)n3ncc(C(=O)N4CCOCC4)c3N2)cc1OC. The molecule has 1 saturated heterocycles. The second-order valence-corrected chi connectivity index (χ2v) is 7.36. The van der Waals surface area contributed by atoms with E-state index < -0.39 is 18.3 Å². The number of aromatic nitrogens is 2. The number of methoxy groups -OCH3 is 2. The fourth-order valence-corrected chi connectivity index (χ4v) is 3.94. The smallest absolute Gasteiger partial charge is 0.410 e. The minimum Gasteiger partial charge on any atom is -0.493 e. The Hall–Kier alpha value is -2.95. The lowest BCUT2D eigenvalue weighted by molar-refractivity contribution is -0.173. The Morgan fingerprint density at radius 3 is 2.55 bits per heavy atom. The number of ether oxygens (including phenoxy) is 3. The first-order valence-electron chi connectivity index (χ1n) is 9.83. The number of anilines is 1. The molecule has 1 N–H and O–H groups in total. The van der Waals surface area contributed by atoms with Crippen molar-refractivity contribution < 1.29 is 32.2 Å². The molecule has 2 aromatic rings. The van der Waals surface area contributed by atoms with Crippen molar-refractivity contribution in [1.29, 1.82) is 0 Å². The Morgan fingerprint density at radius 1 is 1.19 bits per heavy atom. The highest BCUT2D eigenvalue weighted by Crippen LogP contribution is 2.45. The van der Waals surface area contributed by atoms with Gasteiger partial charge in [-0.05, 0) is 17.7 Å². The van der Waals surface area contributed by atoms with Gasteiger partial charge in [-0.25, -0.2) is 4.68 Å². The minimum atomic E-state index is -4.53. The van der Waals surface area contributed by atoms with Crippen molar-refractivity contribution in [2.45, 2.75) is 24.7 Å². The highest BCUT2D eigenvalue weighted by atomic mass is 19.4. The van der Waals surface area contributed by atoms with Crippen LogP contribution >= 0.6 is 0 Å². The van der Waals surface area contributed by atoms with E-state index in [1.165, 1.54) is 20.4 Å². The summed E-state index contributed by atoms with van der Waals surface area (Å²) >= 11 is 0. The summed E-state index contributed by atoms with van der Waals surface area (Å²) in [7, 11) is 2.95. The van der Waals surface area contributed by atoms with Crippen LogP contribution in [0.5, 0.6) is 11.5 Å². The van der Waals surface area contributed by atoms with E-state index in [4.69, 9.17) is 14.2 Å². The number of benzene rings is 1. The van der Waals surface area contributed by atoms with E-state index in [9.17, 15) is 18.0 Å². The van der Waals surface area contributed by atoms with E-state index >= 15 is 0 Å². The maximum atomic E-state index is 13.9. The lowest BCUT2D eigenvalue weighted by Gasteiger charge is -2.34. The molecule has 0 spiro atoms. The number of carbonyl (C=O) groups is 1. The summed E-state index contributed by atoms with van der Waals surface area (Å²) in [4.78, 5) is 14.5. The number of carbonyl (C=O) groups excluding carboxylic acids is 1. The molecule has 31 heavy (non-hydrogen) atoms. The van der Waals surface area contributed by atoms with E-state index in [0.717, 1.165) is 4.68 Å². The maximum absolute atomic E-state index is 13.9. The molecule has 168 valence electrons. The standard InChI is InChI=1S/C20H23F3N4O4/c1-29-15-4-3-12(9-16(15)30-2)14-10-17(20(21,22)23)27-18(25-14)13(11-24-27)19(28)26-5-7-31-8-6-26/h3-4,9,11,14,17,25H,5-8,10H2,1-2H3/t14-,17+/m1/s1. The Labute approximate surface area is 176 Å². The van der Waals surface area contributed by atoms with Gasteiger partial charge in [-0.3, -0.25) is 4.79 Å². The highest BCUT2D eigenvalue weighted by molar-refractivity contribution is 5.99. The summed E-state index contributed by atoms with van der Waals surface area (Å²) in [6, 6.07) is 2.39. The van der Waals surface area contributed by atoms with Crippen molar-refractivity contribution in [1.82, 2.24) is 14.7 Å². The molecule has 2 aliphatic rings. The number of halogens is 3. The molecule has 0 radical (unpaired) electrons. The molecule has 1 aromatic heterocycles. The second-order valence-electron chi connectivity index (χ2n) is 7.36. The molecule has 0 saturated carbocycles. The van der Waals surface area contributed by atoms with Crippen LogP contribution in [0.3, 0.4) is 0 Å². The van der Waals surface area contributed by atoms with Crippen LogP contribution in [0.15, 0.2) is 24.4 Å². The van der Waals surface area contributed by atoms with Crippen LogP contribution in [0.25, 0.3) is 0 Å². The molecular weight excluding hydrogens is 417 g/mol. The van der Waals surface area contributed by atoms with Crippen LogP contribution in [0.2, 0.25) is 0 Å². The monoisotopic (exact) mass is 440 g/mol. The fourth-order valence-electron chi connectivity index (χ4n) is 3.94. The van der Waals surface area contributed by atoms with Crippen molar-refractivity contribution in [2.75, 3.05) is 45.8 Å². The van der Waals surface area contributed by atoms with Gasteiger partial charge in [-0.15, -0.1) is 0 Å². The number of hydrogen-bond acceptors (Lipinski definition) is 6. The largest absolute Gasteiger partial charge is 0.493 e. The molecule has 0 bridgehead atoms. The normalized spacial score (nSPS) is 21.3. The highest BCUT2D eigenvalue weighted by Gasteiger charge is 2.47. The number of nitrogens with zero attached hydrogens (tertiary/aromatic N) is 3. The van der Waals surface area contributed by atoms with Crippen LogP contribution < -0.4 is 14.8 Å². The number of hydrogen-bond donors (Lipinski definition) is 1. The van der Waals surface area contributed by atoms with Crippen LogP contribution in [0.4, 0.5) is 19.0 Å². The van der Waals surface area contributed by atoms with Gasteiger partial charge in [0.1, 0.15) is 11.4 Å². The molecule has 3 heterocycles. The van der Waals surface area contributed by atoms with Gasteiger partial charge < -0.3 is 24.4 Å². The van der Waals surface area contributed by atoms with E-state index in [1.807, 2.05) is 0 Å². The second kappa shape index (κ2) is 8.29. The molecule has 2 aliphatic heterocycles. The van der Waals surface area contributed by atoms with E-state index in [-0.39, 0.29) is 23.7 Å². The molecule has 8 nitrogen and oxygen atoms in total. The van der Waals surface area contributed by atoms with Crippen molar-refractivity contribution in [3.8, 4) is 11.5 Å². The zero-order chi connectivity index (χ0) is 22.2. The first-order valence-corrected chi connectivity index (χ1v) is 9.83. The zero-order valence-electron chi connectivity index (χ0n) is 17.1. The fraction of sp³-hybridized carbons (Fsp3) is 0.500. The molecule has 11 heteroatoms. The van der Waals surface area contributed by atoms with Crippen LogP contribution in [0, 0.1) is 0 Å². The Kier molecular flexibility index (Phi) is 5.69. The van der Waals surface area contributed by atoms with Crippen molar-refractivity contribution in [3.05, 3.63) is 35.5 Å². The Bertz CT molecular complexity index is 956. The van der Waals surface area contributed by atoms with Gasteiger partial charge in [-0.2, -0.15) is 18.3 Å². The van der Waals surface area contributed by atoms with E-state index in [1.54, 1.807) is 23.1 Å². The van der Waals surface area contributed by atoms with Crippen LogP contribution in [-0.4, -0.2) is 67.3 Å². The Balaban J connectivity index is 1.71. The number of morpholine rings is 1. The summed E-state index contributed by atoms with van der Waals surface area (Å²) in [5, 5.41) is 7.02. The topological polar surface area (TPSA) is 77.9 Å². The van der Waals surface area contributed by atoms with Gasteiger partial charge in [0.25, 0.3) is 5.91 Å². The molecular formula is C20H23F3N4O4. The predicted molar refractivity (Wildman–Crippen MR) is 105 cm³/mol.